The molecule has 0 heterocycles. The summed E-state index contributed by atoms with van der Waals surface area (Å²) in [6.45, 7) is 0. The fourth-order valence-electron chi connectivity index (χ4n) is 0.679. The van der Waals surface area contributed by atoms with E-state index in [1.165, 1.54) is 24.3 Å². The molecule has 12 heavy (non-hydrogen) atoms. The molecule has 0 aliphatic rings. The van der Waals surface area contributed by atoms with Gasteiger partial charge in [-0.1, -0.05) is 0 Å². The van der Waals surface area contributed by atoms with Gasteiger partial charge in [0.25, 0.3) is 0 Å². The van der Waals surface area contributed by atoms with Gasteiger partial charge in [-0.15, -0.1) is 0 Å². The first-order valence-electron chi connectivity index (χ1n) is 2.95. The van der Waals surface area contributed by atoms with Crippen LogP contribution in [-0.2, 0) is 13.9 Å². The zero-order valence-corrected chi connectivity index (χ0v) is 8.53. The topological polar surface area (TPSA) is 71.4 Å². The molecule has 0 amide bonds. The molecule has 6 heteroatoms. The van der Waals surface area contributed by atoms with Crippen LogP contribution < -0.4 is 4.35 Å². The fourth-order valence-corrected chi connectivity index (χ4v) is 1.73. The molecule has 1 N–H and O–H groups in total. The van der Waals surface area contributed by atoms with Crippen molar-refractivity contribution in [3.63, 3.8) is 0 Å². The zero-order chi connectivity index (χ0) is 9.19. The summed E-state index contributed by atoms with van der Waals surface area (Å²) in [6.07, 6.45) is 0. The molecule has 0 radical (unpaired) electrons. The minimum atomic E-state index is -4.12. The van der Waals surface area contributed by atoms with Crippen LogP contribution in [0, 0.1) is 0 Å². The molecular formula is C6H5AsO4S. The number of hydrogen-bond donors (Lipinski definition) is 1. The maximum atomic E-state index is 10.5. The van der Waals surface area contributed by atoms with Crippen molar-refractivity contribution in [1.82, 2.24) is 0 Å². The van der Waals surface area contributed by atoms with Gasteiger partial charge in [-0.3, -0.25) is 0 Å². The molecule has 0 saturated carbocycles. The van der Waals surface area contributed by atoms with Gasteiger partial charge in [-0.2, -0.15) is 0 Å². The van der Waals surface area contributed by atoms with Gasteiger partial charge in [0.1, 0.15) is 0 Å². The van der Waals surface area contributed by atoms with Crippen molar-refractivity contribution in [2.24, 2.45) is 0 Å². The molecular weight excluding hydrogens is 243 g/mol. The second-order valence-electron chi connectivity index (χ2n) is 2.06. The SMILES string of the molecule is O=[As]c1ccc(S(=O)(=O)O)cc1. The van der Waals surface area contributed by atoms with Crippen molar-refractivity contribution in [3.8, 4) is 0 Å². The Hall–Kier alpha value is -0.512. The van der Waals surface area contributed by atoms with E-state index in [0.717, 1.165) is 0 Å². The summed E-state index contributed by atoms with van der Waals surface area (Å²) in [5.41, 5.74) is 0. The summed E-state index contributed by atoms with van der Waals surface area (Å²) < 4.78 is 40.5. The second kappa shape index (κ2) is 3.47. The summed E-state index contributed by atoms with van der Waals surface area (Å²) in [4.78, 5) is -0.180. The third-order valence-electron chi connectivity index (χ3n) is 1.24. The molecule has 0 aliphatic carbocycles. The first-order valence-corrected chi connectivity index (χ1v) is 6.09. The van der Waals surface area contributed by atoms with Crippen LogP contribution in [0.4, 0.5) is 0 Å². The molecule has 0 spiro atoms. The third-order valence-corrected chi connectivity index (χ3v) is 3.18. The molecule has 1 aromatic rings. The standard InChI is InChI=1S/C6H5AsO4S/c8-7-5-1-3-6(4-2-5)12(9,10)11/h1-4H,(H,9,10,11). The fraction of sp³-hybridized carbons (Fsp3) is 0. The minimum absolute atomic E-state index is 0.180. The Bertz CT molecular complexity index is 381. The molecule has 0 unspecified atom stereocenters. The van der Waals surface area contributed by atoms with E-state index < -0.39 is 25.8 Å². The predicted octanol–water partition coefficient (Wildman–Crippen LogP) is -0.392. The average molecular weight is 248 g/mol. The second-order valence-corrected chi connectivity index (χ2v) is 4.95. The van der Waals surface area contributed by atoms with Crippen molar-refractivity contribution >= 4 is 30.2 Å². The Kier molecular flexibility index (Phi) is 2.77. The van der Waals surface area contributed by atoms with Crippen LogP contribution in [0.25, 0.3) is 0 Å². The van der Waals surface area contributed by atoms with Gasteiger partial charge in [-0.05, 0) is 0 Å². The molecule has 4 nitrogen and oxygen atoms in total. The Balaban J connectivity index is 3.17. The van der Waals surface area contributed by atoms with E-state index in [2.05, 4.69) is 0 Å². The van der Waals surface area contributed by atoms with Gasteiger partial charge in [0.15, 0.2) is 0 Å². The van der Waals surface area contributed by atoms with E-state index in [-0.39, 0.29) is 4.90 Å². The molecule has 1 rings (SSSR count). The molecule has 0 aliphatic heterocycles. The first-order chi connectivity index (χ1) is 5.54. The quantitative estimate of drug-likeness (QED) is 0.571. The van der Waals surface area contributed by atoms with Crippen LogP contribution in [0.15, 0.2) is 29.2 Å². The average Bonchev–Trinajstić information content (AvgIpc) is 2.03. The molecule has 1 aromatic carbocycles. The van der Waals surface area contributed by atoms with Crippen molar-refractivity contribution in [1.29, 1.82) is 0 Å². The van der Waals surface area contributed by atoms with Crippen LogP contribution in [0.3, 0.4) is 0 Å². The molecule has 0 aromatic heterocycles. The molecule has 0 bridgehead atoms. The van der Waals surface area contributed by atoms with Crippen LogP contribution in [-0.4, -0.2) is 28.7 Å². The molecule has 0 saturated heterocycles. The summed E-state index contributed by atoms with van der Waals surface area (Å²) in [7, 11) is -4.12. The number of rotatable bonds is 2. The summed E-state index contributed by atoms with van der Waals surface area (Å²) in [5, 5.41) is 0. The maximum absolute atomic E-state index is 10.5. The van der Waals surface area contributed by atoms with E-state index in [1.807, 2.05) is 0 Å². The van der Waals surface area contributed by atoms with E-state index in [4.69, 9.17) is 4.55 Å². The van der Waals surface area contributed by atoms with E-state index in [0.29, 0.717) is 4.35 Å². The zero-order valence-electron chi connectivity index (χ0n) is 5.84. The monoisotopic (exact) mass is 248 g/mol. The van der Waals surface area contributed by atoms with E-state index in [9.17, 15) is 12.2 Å². The normalized spacial score (nSPS) is 11.8. The van der Waals surface area contributed by atoms with Crippen LogP contribution in [0.1, 0.15) is 0 Å². The van der Waals surface area contributed by atoms with Crippen molar-refractivity contribution in [2.75, 3.05) is 0 Å². The predicted molar refractivity (Wildman–Crippen MR) is 42.3 cm³/mol. The number of benzene rings is 1. The molecule has 64 valence electrons. The Morgan fingerprint density at radius 3 is 2.00 bits per heavy atom. The van der Waals surface area contributed by atoms with Crippen LogP contribution in [0.5, 0.6) is 0 Å². The van der Waals surface area contributed by atoms with E-state index >= 15 is 0 Å². The van der Waals surface area contributed by atoms with Gasteiger partial charge in [0, 0.05) is 0 Å². The Morgan fingerprint density at radius 1 is 1.17 bits per heavy atom. The van der Waals surface area contributed by atoms with Crippen molar-refractivity contribution in [3.05, 3.63) is 24.3 Å². The Labute approximate surface area is 76.3 Å². The summed E-state index contributed by atoms with van der Waals surface area (Å²) in [6, 6.07) is 5.27. The third kappa shape index (κ3) is 2.24. The van der Waals surface area contributed by atoms with Gasteiger partial charge >= 0.3 is 76.0 Å². The van der Waals surface area contributed by atoms with Gasteiger partial charge in [0.05, 0.1) is 0 Å². The molecule has 0 fully saturated rings. The van der Waals surface area contributed by atoms with Gasteiger partial charge in [-0.25, -0.2) is 0 Å². The Morgan fingerprint density at radius 2 is 1.67 bits per heavy atom. The van der Waals surface area contributed by atoms with Crippen molar-refractivity contribution in [2.45, 2.75) is 4.90 Å². The van der Waals surface area contributed by atoms with Crippen LogP contribution in [0.2, 0.25) is 0 Å². The van der Waals surface area contributed by atoms with E-state index in [1.54, 1.807) is 0 Å². The van der Waals surface area contributed by atoms with Crippen LogP contribution >= 0.6 is 0 Å². The number of hydrogen-bond acceptors (Lipinski definition) is 3. The summed E-state index contributed by atoms with van der Waals surface area (Å²) in [5.74, 6) is 0. The van der Waals surface area contributed by atoms with Gasteiger partial charge in [0.2, 0.25) is 0 Å². The van der Waals surface area contributed by atoms with Crippen molar-refractivity contribution < 1.29 is 16.7 Å². The molecule has 0 atom stereocenters. The summed E-state index contributed by atoms with van der Waals surface area (Å²) >= 11 is -1.14. The first kappa shape index (κ1) is 9.58. The van der Waals surface area contributed by atoms with Gasteiger partial charge < -0.3 is 0 Å².